The molecule has 0 unspecified atom stereocenters. The molecule has 0 spiro atoms. The highest BCUT2D eigenvalue weighted by molar-refractivity contribution is 5.89. The van der Waals surface area contributed by atoms with Crippen LogP contribution in [0.2, 0.25) is 0 Å². The van der Waals surface area contributed by atoms with Crippen LogP contribution in [0.5, 0.6) is 0 Å². The molecule has 0 radical (unpaired) electrons. The van der Waals surface area contributed by atoms with Gasteiger partial charge >= 0.3 is 0 Å². The number of halogens is 2. The van der Waals surface area contributed by atoms with Crippen molar-refractivity contribution in [3.63, 3.8) is 0 Å². The number of hydrogen-bond donors (Lipinski definition) is 0. The fraction of sp³-hybridized carbons (Fsp3) is 0.226. The van der Waals surface area contributed by atoms with Gasteiger partial charge in [-0.1, -0.05) is 74.5 Å². The minimum atomic E-state index is -0.565. The van der Waals surface area contributed by atoms with Crippen LogP contribution in [0.15, 0.2) is 84.9 Å². The van der Waals surface area contributed by atoms with Crippen LogP contribution in [0.4, 0.5) is 20.2 Å². The van der Waals surface area contributed by atoms with Crippen molar-refractivity contribution in [1.82, 2.24) is 0 Å². The molecule has 0 bridgehead atoms. The monoisotopic (exact) mass is 453 g/mol. The first-order chi connectivity index (χ1) is 16.1. The second kappa shape index (κ2) is 7.80. The first kappa shape index (κ1) is 22.3. The van der Waals surface area contributed by atoms with E-state index in [0.29, 0.717) is 11.4 Å². The van der Waals surface area contributed by atoms with Crippen molar-refractivity contribution in [1.29, 1.82) is 0 Å². The van der Waals surface area contributed by atoms with Gasteiger partial charge in [0.2, 0.25) is 0 Å². The summed E-state index contributed by atoms with van der Waals surface area (Å²) in [5, 5.41) is 0. The van der Waals surface area contributed by atoms with Crippen molar-refractivity contribution in [3.05, 3.63) is 108 Å². The summed E-state index contributed by atoms with van der Waals surface area (Å²) in [6.45, 7) is 10.4. The molecule has 3 heteroatoms. The number of rotatable bonds is 3. The van der Waals surface area contributed by atoms with Gasteiger partial charge < -0.3 is 4.90 Å². The zero-order valence-electron chi connectivity index (χ0n) is 20.3. The van der Waals surface area contributed by atoms with Crippen LogP contribution < -0.4 is 4.90 Å². The van der Waals surface area contributed by atoms with Crippen LogP contribution in [0, 0.1) is 11.6 Å². The molecule has 4 aromatic rings. The van der Waals surface area contributed by atoms with Gasteiger partial charge in [-0.15, -0.1) is 0 Å². The van der Waals surface area contributed by atoms with E-state index in [0.717, 1.165) is 11.1 Å². The van der Waals surface area contributed by atoms with Crippen LogP contribution in [0.1, 0.15) is 45.7 Å². The van der Waals surface area contributed by atoms with Gasteiger partial charge in [-0.25, -0.2) is 8.78 Å². The molecule has 0 N–H and O–H groups in total. The van der Waals surface area contributed by atoms with Gasteiger partial charge in [-0.3, -0.25) is 0 Å². The van der Waals surface area contributed by atoms with Gasteiger partial charge in [0.15, 0.2) is 0 Å². The maximum absolute atomic E-state index is 15.6. The van der Waals surface area contributed by atoms with Crippen LogP contribution in [0.3, 0.4) is 0 Å². The number of anilines is 2. The Labute approximate surface area is 200 Å². The minimum Gasteiger partial charge on any atom is -0.331 e. The highest BCUT2D eigenvalue weighted by atomic mass is 19.1. The van der Waals surface area contributed by atoms with Gasteiger partial charge in [-0.2, -0.15) is 0 Å². The number of hydrogen-bond acceptors (Lipinski definition) is 1. The molecule has 0 saturated carbocycles. The Hall–Kier alpha value is -3.46. The topological polar surface area (TPSA) is 3.24 Å². The average molecular weight is 454 g/mol. The third-order valence-electron chi connectivity index (χ3n) is 6.87. The van der Waals surface area contributed by atoms with Crippen LogP contribution in [0.25, 0.3) is 22.3 Å². The molecule has 0 amide bonds. The summed E-state index contributed by atoms with van der Waals surface area (Å²) in [7, 11) is 0. The van der Waals surface area contributed by atoms with Crippen LogP contribution in [-0.4, -0.2) is 5.54 Å². The average Bonchev–Trinajstić information content (AvgIpc) is 3.02. The Balaban J connectivity index is 1.75. The first-order valence-corrected chi connectivity index (χ1v) is 11.7. The lowest BCUT2D eigenvalue weighted by Crippen LogP contribution is -2.39. The summed E-state index contributed by atoms with van der Waals surface area (Å²) in [5.41, 5.74) is 6.66. The lowest BCUT2D eigenvalue weighted by atomic mass is 9.82. The quantitative estimate of drug-likeness (QED) is 0.299. The summed E-state index contributed by atoms with van der Waals surface area (Å²) in [6, 6.07) is 26.5. The summed E-state index contributed by atoms with van der Waals surface area (Å²) < 4.78 is 30.6. The zero-order chi connectivity index (χ0) is 24.3. The summed E-state index contributed by atoms with van der Waals surface area (Å²) >= 11 is 0. The molecule has 34 heavy (non-hydrogen) atoms. The molecule has 4 aromatic carbocycles. The molecule has 0 aromatic heterocycles. The van der Waals surface area contributed by atoms with E-state index in [2.05, 4.69) is 56.3 Å². The molecular formula is C31H29F2N. The largest absolute Gasteiger partial charge is 0.331 e. The molecule has 0 aliphatic heterocycles. The SMILES string of the molecule is CC1(C)c2ccccc2-c2cc(-c3cccc(F)c3N(c3ccccc3F)C(C)(C)C)ccc21. The van der Waals surface area contributed by atoms with E-state index in [-0.39, 0.29) is 17.0 Å². The van der Waals surface area contributed by atoms with Gasteiger partial charge in [-0.05, 0) is 72.9 Å². The highest BCUT2D eigenvalue weighted by Gasteiger charge is 2.36. The summed E-state index contributed by atoms with van der Waals surface area (Å²) in [6.07, 6.45) is 0. The fourth-order valence-electron chi connectivity index (χ4n) is 5.31. The van der Waals surface area contributed by atoms with E-state index in [1.165, 1.54) is 34.4 Å². The highest BCUT2D eigenvalue weighted by Crippen LogP contribution is 2.50. The zero-order valence-corrected chi connectivity index (χ0v) is 20.3. The third kappa shape index (κ3) is 3.42. The van der Waals surface area contributed by atoms with Crippen molar-refractivity contribution in [2.75, 3.05) is 4.90 Å². The predicted molar refractivity (Wildman–Crippen MR) is 138 cm³/mol. The number of fused-ring (bicyclic) bond motifs is 3. The standard InChI is InChI=1S/C31H29F2N/c1-30(2,3)34(28-16-9-8-14-26(28)32)29-21(12-10-15-27(29)33)20-17-18-25-23(19-20)22-11-6-7-13-24(22)31(25,4)5/h6-19H,1-5H3. The number of nitrogens with zero attached hydrogens (tertiary/aromatic N) is 1. The van der Waals surface area contributed by atoms with E-state index in [9.17, 15) is 4.39 Å². The molecule has 0 fully saturated rings. The molecule has 1 nitrogen and oxygen atoms in total. The van der Waals surface area contributed by atoms with Crippen LogP contribution in [-0.2, 0) is 5.41 Å². The van der Waals surface area contributed by atoms with E-state index in [1.807, 2.05) is 26.8 Å². The fourth-order valence-corrected chi connectivity index (χ4v) is 5.31. The molecule has 0 atom stereocenters. The number of para-hydroxylation sites is 2. The second-order valence-corrected chi connectivity index (χ2v) is 10.5. The molecular weight excluding hydrogens is 424 g/mol. The van der Waals surface area contributed by atoms with Crippen molar-refractivity contribution in [3.8, 4) is 22.3 Å². The Kier molecular flexibility index (Phi) is 5.12. The summed E-state index contributed by atoms with van der Waals surface area (Å²) in [5.74, 6) is -0.756. The Bertz CT molecular complexity index is 1390. The van der Waals surface area contributed by atoms with Crippen molar-refractivity contribution < 1.29 is 8.78 Å². The lowest BCUT2D eigenvalue weighted by molar-refractivity contribution is 0.527. The van der Waals surface area contributed by atoms with E-state index >= 15 is 4.39 Å². The Morgan fingerprint density at radius 2 is 1.26 bits per heavy atom. The molecule has 172 valence electrons. The minimum absolute atomic E-state index is 0.0974. The van der Waals surface area contributed by atoms with E-state index < -0.39 is 5.54 Å². The normalized spacial score (nSPS) is 14.0. The smallest absolute Gasteiger partial charge is 0.147 e. The molecule has 1 aliphatic rings. The lowest BCUT2D eigenvalue weighted by Gasteiger charge is -2.39. The van der Waals surface area contributed by atoms with Crippen LogP contribution >= 0.6 is 0 Å². The summed E-state index contributed by atoms with van der Waals surface area (Å²) in [4.78, 5) is 1.78. The molecule has 5 rings (SSSR count). The maximum Gasteiger partial charge on any atom is 0.147 e. The second-order valence-electron chi connectivity index (χ2n) is 10.5. The molecule has 0 heterocycles. The molecule has 0 saturated heterocycles. The van der Waals surface area contributed by atoms with Gasteiger partial charge in [0, 0.05) is 16.5 Å². The Morgan fingerprint density at radius 1 is 0.647 bits per heavy atom. The Morgan fingerprint density at radius 3 is 2.00 bits per heavy atom. The van der Waals surface area contributed by atoms with Gasteiger partial charge in [0.05, 0.1) is 11.4 Å². The van der Waals surface area contributed by atoms with Crippen molar-refractivity contribution in [2.45, 2.75) is 45.6 Å². The first-order valence-electron chi connectivity index (χ1n) is 11.7. The molecule has 1 aliphatic carbocycles. The third-order valence-corrected chi connectivity index (χ3v) is 6.87. The van der Waals surface area contributed by atoms with Gasteiger partial charge in [0.1, 0.15) is 11.6 Å². The van der Waals surface area contributed by atoms with Crippen molar-refractivity contribution >= 4 is 11.4 Å². The number of benzene rings is 4. The predicted octanol–water partition coefficient (Wildman–Crippen LogP) is 8.87. The van der Waals surface area contributed by atoms with E-state index in [4.69, 9.17) is 0 Å². The van der Waals surface area contributed by atoms with Gasteiger partial charge in [0.25, 0.3) is 0 Å². The van der Waals surface area contributed by atoms with E-state index in [1.54, 1.807) is 29.2 Å². The maximum atomic E-state index is 15.6. The van der Waals surface area contributed by atoms with Crippen molar-refractivity contribution in [2.24, 2.45) is 0 Å².